The van der Waals surface area contributed by atoms with Crippen molar-refractivity contribution in [2.75, 3.05) is 26.2 Å². The van der Waals surface area contributed by atoms with Gasteiger partial charge in [-0.2, -0.15) is 0 Å². The van der Waals surface area contributed by atoms with Gasteiger partial charge in [0.2, 0.25) is 0 Å². The Morgan fingerprint density at radius 2 is 1.86 bits per heavy atom. The third-order valence-corrected chi connectivity index (χ3v) is 5.50. The molecule has 2 aliphatic rings. The zero-order valence-corrected chi connectivity index (χ0v) is 14.8. The van der Waals surface area contributed by atoms with Crippen molar-refractivity contribution in [3.63, 3.8) is 0 Å². The Morgan fingerprint density at radius 3 is 2.48 bits per heavy atom. The Morgan fingerprint density at radius 1 is 1.19 bits per heavy atom. The van der Waals surface area contributed by atoms with Gasteiger partial charge in [0.05, 0.1) is 12.7 Å². The Labute approximate surface area is 131 Å². The third-order valence-electron chi connectivity index (χ3n) is 5.50. The highest BCUT2D eigenvalue weighted by molar-refractivity contribution is 4.92. The number of nitrogens with one attached hydrogen (secondary N) is 1. The molecule has 1 saturated heterocycles. The molecule has 0 amide bonds. The average molecular weight is 296 g/mol. The summed E-state index contributed by atoms with van der Waals surface area (Å²) in [7, 11) is 0. The van der Waals surface area contributed by atoms with Crippen LogP contribution in [0.2, 0.25) is 0 Å². The minimum atomic E-state index is 0.388. The van der Waals surface area contributed by atoms with E-state index in [1.54, 1.807) is 0 Å². The maximum Gasteiger partial charge on any atom is 0.0674 e. The Hall–Kier alpha value is -0.120. The van der Waals surface area contributed by atoms with Gasteiger partial charge in [-0.25, -0.2) is 0 Å². The van der Waals surface area contributed by atoms with Gasteiger partial charge in [-0.1, -0.05) is 33.6 Å². The molecule has 2 fully saturated rings. The van der Waals surface area contributed by atoms with Gasteiger partial charge in [-0.05, 0) is 38.0 Å². The number of nitrogens with zero attached hydrogens (tertiary/aromatic N) is 1. The molecule has 21 heavy (non-hydrogen) atoms. The molecule has 1 aliphatic carbocycles. The molecule has 0 aromatic carbocycles. The molecular formula is C18H36N2O. The maximum atomic E-state index is 5.80. The predicted molar refractivity (Wildman–Crippen MR) is 89.7 cm³/mol. The molecule has 0 bridgehead atoms. The van der Waals surface area contributed by atoms with E-state index in [0.29, 0.717) is 23.6 Å². The number of morpholine rings is 1. The lowest BCUT2D eigenvalue weighted by molar-refractivity contribution is -0.0683. The lowest BCUT2D eigenvalue weighted by atomic mass is 9.70. The quantitative estimate of drug-likeness (QED) is 0.842. The van der Waals surface area contributed by atoms with E-state index in [-0.39, 0.29) is 0 Å². The standard InChI is InChI=1S/C18H36N2O/c1-14(2)19-12-18(8-6-15(3)7-9-18)13-20-10-17(5)21-11-16(20)4/h14-17,19H,6-13H2,1-5H3. The van der Waals surface area contributed by atoms with Gasteiger partial charge in [-0.3, -0.25) is 4.90 Å². The molecule has 3 heteroatoms. The molecule has 0 radical (unpaired) electrons. The first-order chi connectivity index (χ1) is 9.90. The van der Waals surface area contributed by atoms with E-state index in [9.17, 15) is 0 Å². The zero-order chi connectivity index (χ0) is 15.5. The van der Waals surface area contributed by atoms with Crippen molar-refractivity contribution in [1.29, 1.82) is 0 Å². The van der Waals surface area contributed by atoms with Crippen LogP contribution in [0, 0.1) is 11.3 Å². The first-order valence-corrected chi connectivity index (χ1v) is 8.99. The fourth-order valence-electron chi connectivity index (χ4n) is 3.81. The van der Waals surface area contributed by atoms with Crippen LogP contribution in [0.4, 0.5) is 0 Å². The van der Waals surface area contributed by atoms with Crippen LogP contribution in [-0.4, -0.2) is 49.3 Å². The van der Waals surface area contributed by atoms with Gasteiger partial charge < -0.3 is 10.1 Å². The largest absolute Gasteiger partial charge is 0.376 e. The topological polar surface area (TPSA) is 24.5 Å². The molecular weight excluding hydrogens is 260 g/mol. The summed E-state index contributed by atoms with van der Waals surface area (Å²) in [6.07, 6.45) is 5.94. The molecule has 1 saturated carbocycles. The average Bonchev–Trinajstić information content (AvgIpc) is 2.44. The molecule has 2 rings (SSSR count). The lowest BCUT2D eigenvalue weighted by Gasteiger charge is -2.47. The van der Waals surface area contributed by atoms with E-state index in [4.69, 9.17) is 4.74 Å². The second kappa shape index (κ2) is 7.43. The molecule has 1 aliphatic heterocycles. The second-order valence-corrected chi connectivity index (χ2v) is 8.14. The van der Waals surface area contributed by atoms with Crippen molar-refractivity contribution in [3.8, 4) is 0 Å². The van der Waals surface area contributed by atoms with Crippen LogP contribution >= 0.6 is 0 Å². The van der Waals surface area contributed by atoms with Gasteiger partial charge in [-0.15, -0.1) is 0 Å². The summed E-state index contributed by atoms with van der Waals surface area (Å²) >= 11 is 0. The summed E-state index contributed by atoms with van der Waals surface area (Å²) in [5.74, 6) is 0.915. The smallest absolute Gasteiger partial charge is 0.0674 e. The first-order valence-electron chi connectivity index (χ1n) is 8.99. The van der Waals surface area contributed by atoms with Gasteiger partial charge >= 0.3 is 0 Å². The van der Waals surface area contributed by atoms with E-state index >= 15 is 0 Å². The highest BCUT2D eigenvalue weighted by atomic mass is 16.5. The third kappa shape index (κ3) is 4.94. The van der Waals surface area contributed by atoms with E-state index in [2.05, 4.69) is 44.8 Å². The number of ether oxygens (including phenoxy) is 1. The van der Waals surface area contributed by atoms with Crippen LogP contribution in [0.5, 0.6) is 0 Å². The normalized spacial score (nSPS) is 38.9. The van der Waals surface area contributed by atoms with Crippen LogP contribution in [0.3, 0.4) is 0 Å². The van der Waals surface area contributed by atoms with Gasteiger partial charge in [0.15, 0.2) is 0 Å². The van der Waals surface area contributed by atoms with Gasteiger partial charge in [0.1, 0.15) is 0 Å². The lowest BCUT2D eigenvalue weighted by Crippen LogP contribution is -2.54. The van der Waals surface area contributed by atoms with E-state index in [0.717, 1.165) is 19.1 Å². The predicted octanol–water partition coefficient (Wildman–Crippen LogP) is 3.29. The minimum Gasteiger partial charge on any atom is -0.376 e. The van der Waals surface area contributed by atoms with Crippen molar-refractivity contribution in [3.05, 3.63) is 0 Å². The molecule has 3 nitrogen and oxygen atoms in total. The highest BCUT2D eigenvalue weighted by Crippen LogP contribution is 2.40. The Bertz CT molecular complexity index is 310. The molecule has 0 aromatic rings. The molecule has 1 heterocycles. The van der Waals surface area contributed by atoms with Crippen LogP contribution < -0.4 is 5.32 Å². The fourth-order valence-corrected chi connectivity index (χ4v) is 3.81. The fraction of sp³-hybridized carbons (Fsp3) is 1.00. The monoisotopic (exact) mass is 296 g/mol. The zero-order valence-electron chi connectivity index (χ0n) is 14.8. The molecule has 2 unspecified atom stereocenters. The molecule has 0 aromatic heterocycles. The van der Waals surface area contributed by atoms with Crippen molar-refractivity contribution in [1.82, 2.24) is 10.2 Å². The number of hydrogen-bond donors (Lipinski definition) is 1. The van der Waals surface area contributed by atoms with Crippen LogP contribution in [0.25, 0.3) is 0 Å². The van der Waals surface area contributed by atoms with Crippen LogP contribution in [0.1, 0.15) is 60.3 Å². The van der Waals surface area contributed by atoms with E-state index in [1.807, 2.05) is 0 Å². The molecule has 1 N–H and O–H groups in total. The molecule has 0 spiro atoms. The summed E-state index contributed by atoms with van der Waals surface area (Å²) in [6.45, 7) is 15.9. The van der Waals surface area contributed by atoms with Crippen LogP contribution in [-0.2, 0) is 4.74 Å². The molecule has 124 valence electrons. The van der Waals surface area contributed by atoms with Gasteiger partial charge in [0.25, 0.3) is 0 Å². The van der Waals surface area contributed by atoms with Crippen molar-refractivity contribution in [2.45, 2.75) is 78.5 Å². The van der Waals surface area contributed by atoms with E-state index < -0.39 is 0 Å². The Balaban J connectivity index is 2.00. The highest BCUT2D eigenvalue weighted by Gasteiger charge is 2.38. The SMILES string of the molecule is CC1CCC(CNC(C)C)(CN2CC(C)OCC2C)CC1. The summed E-state index contributed by atoms with van der Waals surface area (Å²) in [4.78, 5) is 2.69. The second-order valence-electron chi connectivity index (χ2n) is 8.14. The van der Waals surface area contributed by atoms with Gasteiger partial charge in [0, 0.05) is 31.7 Å². The van der Waals surface area contributed by atoms with Crippen molar-refractivity contribution < 1.29 is 4.74 Å². The minimum absolute atomic E-state index is 0.388. The van der Waals surface area contributed by atoms with Crippen molar-refractivity contribution in [2.24, 2.45) is 11.3 Å². The summed E-state index contributed by atoms with van der Waals surface area (Å²) < 4.78 is 5.80. The molecule has 2 atom stereocenters. The maximum absolute atomic E-state index is 5.80. The van der Waals surface area contributed by atoms with E-state index in [1.165, 1.54) is 38.8 Å². The number of hydrogen-bond acceptors (Lipinski definition) is 3. The summed E-state index contributed by atoms with van der Waals surface area (Å²) in [6, 6.07) is 1.15. The number of rotatable bonds is 5. The summed E-state index contributed by atoms with van der Waals surface area (Å²) in [5, 5.41) is 3.73. The Kier molecular flexibility index (Phi) is 6.10. The first kappa shape index (κ1) is 17.2. The van der Waals surface area contributed by atoms with Crippen molar-refractivity contribution >= 4 is 0 Å². The van der Waals surface area contributed by atoms with Crippen LogP contribution in [0.15, 0.2) is 0 Å². The summed E-state index contributed by atoms with van der Waals surface area (Å²) in [5.41, 5.74) is 0.474.